The van der Waals surface area contributed by atoms with Gasteiger partial charge in [-0.25, -0.2) is 0 Å². The molecule has 8 heteroatoms. The van der Waals surface area contributed by atoms with E-state index < -0.39 is 0 Å². The summed E-state index contributed by atoms with van der Waals surface area (Å²) in [4.78, 5) is 25.8. The fourth-order valence-corrected chi connectivity index (χ4v) is 3.16. The number of benzene rings is 2. The normalized spacial score (nSPS) is 10.6. The van der Waals surface area contributed by atoms with Crippen LogP contribution in [0.5, 0.6) is 0 Å². The maximum absolute atomic E-state index is 12.3. The summed E-state index contributed by atoms with van der Waals surface area (Å²) in [5.41, 5.74) is 3.78. The quantitative estimate of drug-likeness (QED) is 0.600. The summed E-state index contributed by atoms with van der Waals surface area (Å²) >= 11 is 1.14. The van der Waals surface area contributed by atoms with E-state index in [9.17, 15) is 9.59 Å². The van der Waals surface area contributed by atoms with Gasteiger partial charge in [-0.3, -0.25) is 9.59 Å². The first kappa shape index (κ1) is 20.6. The van der Waals surface area contributed by atoms with Crippen molar-refractivity contribution in [3.05, 3.63) is 59.7 Å². The Morgan fingerprint density at radius 3 is 2.28 bits per heavy atom. The summed E-state index contributed by atoms with van der Waals surface area (Å²) in [6.07, 6.45) is 0. The fourth-order valence-electron chi connectivity index (χ4n) is 2.46. The molecule has 3 aromatic rings. The molecule has 0 atom stereocenters. The summed E-state index contributed by atoms with van der Waals surface area (Å²) in [5.74, 6) is 0.0492. The zero-order valence-electron chi connectivity index (χ0n) is 16.5. The van der Waals surface area contributed by atoms with Gasteiger partial charge in [0.05, 0.1) is 12.3 Å². The number of carbonyl (C=O) groups is 2. The lowest BCUT2D eigenvalue weighted by molar-refractivity contribution is -0.131. The van der Waals surface area contributed by atoms with Crippen LogP contribution in [0.1, 0.15) is 11.1 Å². The molecule has 0 saturated heterocycles. The molecular formula is C21H22N4O3S. The largest absolute Gasteiger partial charge is 0.411 e. The van der Waals surface area contributed by atoms with Gasteiger partial charge in [0.2, 0.25) is 17.7 Å². The lowest BCUT2D eigenvalue weighted by atomic mass is 10.1. The van der Waals surface area contributed by atoms with E-state index in [0.717, 1.165) is 28.5 Å². The van der Waals surface area contributed by atoms with Crippen molar-refractivity contribution in [2.24, 2.45) is 0 Å². The van der Waals surface area contributed by atoms with Gasteiger partial charge in [0.25, 0.3) is 5.22 Å². The van der Waals surface area contributed by atoms with Crippen molar-refractivity contribution >= 4 is 29.3 Å². The number of carbonyl (C=O) groups excluding carboxylic acids is 2. The Bertz CT molecular complexity index is 984. The van der Waals surface area contributed by atoms with Crippen LogP contribution >= 0.6 is 11.8 Å². The molecule has 3 rings (SSSR count). The zero-order valence-corrected chi connectivity index (χ0v) is 17.3. The molecular weight excluding hydrogens is 388 g/mol. The molecule has 1 heterocycles. The van der Waals surface area contributed by atoms with Crippen molar-refractivity contribution < 1.29 is 14.0 Å². The summed E-state index contributed by atoms with van der Waals surface area (Å²) < 4.78 is 5.60. The summed E-state index contributed by atoms with van der Waals surface area (Å²) in [7, 11) is 1.59. The summed E-state index contributed by atoms with van der Waals surface area (Å²) in [6.45, 7) is 3.94. The molecule has 150 valence electrons. The molecule has 29 heavy (non-hydrogen) atoms. The van der Waals surface area contributed by atoms with Crippen LogP contribution in [-0.4, -0.2) is 46.3 Å². The molecule has 0 saturated carbocycles. The van der Waals surface area contributed by atoms with E-state index >= 15 is 0 Å². The van der Waals surface area contributed by atoms with Crippen molar-refractivity contribution in [1.82, 2.24) is 15.1 Å². The summed E-state index contributed by atoms with van der Waals surface area (Å²) in [5, 5.41) is 11.1. The zero-order chi connectivity index (χ0) is 20.8. The third-order valence-electron chi connectivity index (χ3n) is 4.17. The predicted molar refractivity (Wildman–Crippen MR) is 113 cm³/mol. The van der Waals surface area contributed by atoms with Gasteiger partial charge in [-0.05, 0) is 38.1 Å². The molecule has 2 aromatic carbocycles. The fraction of sp³-hybridized carbons (Fsp3) is 0.238. The molecule has 0 spiro atoms. The molecule has 1 N–H and O–H groups in total. The molecule has 0 aliphatic rings. The summed E-state index contributed by atoms with van der Waals surface area (Å²) in [6, 6.07) is 15.2. The van der Waals surface area contributed by atoms with Crippen LogP contribution < -0.4 is 5.32 Å². The number of aromatic nitrogens is 2. The SMILES string of the molecule is Cc1ccc(NC(=O)CN(C)C(=O)CSc2nnc(-c3ccc(C)cc3)o2)cc1. The van der Waals surface area contributed by atoms with E-state index in [-0.39, 0.29) is 24.1 Å². The van der Waals surface area contributed by atoms with Gasteiger partial charge in [0.15, 0.2) is 0 Å². The molecule has 2 amide bonds. The highest BCUT2D eigenvalue weighted by Gasteiger charge is 2.16. The number of rotatable bonds is 7. The molecule has 1 aromatic heterocycles. The number of thioether (sulfide) groups is 1. The number of nitrogens with one attached hydrogen (secondary N) is 1. The van der Waals surface area contributed by atoms with Crippen LogP contribution in [0.2, 0.25) is 0 Å². The van der Waals surface area contributed by atoms with Crippen LogP contribution in [-0.2, 0) is 9.59 Å². The minimum atomic E-state index is -0.255. The first-order chi connectivity index (χ1) is 13.9. The van der Waals surface area contributed by atoms with Gasteiger partial charge in [0, 0.05) is 18.3 Å². The van der Waals surface area contributed by atoms with E-state index in [2.05, 4.69) is 15.5 Å². The van der Waals surface area contributed by atoms with Gasteiger partial charge in [-0.1, -0.05) is 47.2 Å². The van der Waals surface area contributed by atoms with Crippen molar-refractivity contribution in [2.75, 3.05) is 24.7 Å². The van der Waals surface area contributed by atoms with Crippen molar-refractivity contribution in [1.29, 1.82) is 0 Å². The van der Waals surface area contributed by atoms with Crippen molar-refractivity contribution in [3.8, 4) is 11.5 Å². The monoisotopic (exact) mass is 410 g/mol. The highest BCUT2D eigenvalue weighted by molar-refractivity contribution is 7.99. The first-order valence-corrected chi connectivity index (χ1v) is 10.0. The Kier molecular flexibility index (Phi) is 6.66. The second-order valence-electron chi connectivity index (χ2n) is 6.69. The van der Waals surface area contributed by atoms with Gasteiger partial charge in [-0.2, -0.15) is 0 Å². The average molecular weight is 410 g/mol. The van der Waals surface area contributed by atoms with Crippen molar-refractivity contribution in [3.63, 3.8) is 0 Å². The average Bonchev–Trinajstić information content (AvgIpc) is 3.17. The van der Waals surface area contributed by atoms with E-state index in [1.54, 1.807) is 7.05 Å². The highest BCUT2D eigenvalue weighted by Crippen LogP contribution is 2.23. The lowest BCUT2D eigenvalue weighted by Crippen LogP contribution is -2.35. The Morgan fingerprint density at radius 1 is 1.00 bits per heavy atom. The molecule has 7 nitrogen and oxygen atoms in total. The number of aryl methyl sites for hydroxylation is 2. The number of hydrogen-bond donors (Lipinski definition) is 1. The molecule has 0 aliphatic heterocycles. The first-order valence-electron chi connectivity index (χ1n) is 9.04. The van der Waals surface area contributed by atoms with Crippen LogP contribution in [0.4, 0.5) is 5.69 Å². The third-order valence-corrected chi connectivity index (χ3v) is 4.97. The van der Waals surface area contributed by atoms with Crippen LogP contribution in [0.3, 0.4) is 0 Å². The Morgan fingerprint density at radius 2 is 1.62 bits per heavy atom. The Hall–Kier alpha value is -3.13. The number of amides is 2. The predicted octanol–water partition coefficient (Wildman–Crippen LogP) is 3.54. The maximum Gasteiger partial charge on any atom is 0.277 e. The Balaban J connectivity index is 1.48. The van der Waals surface area contributed by atoms with Gasteiger partial charge < -0.3 is 14.6 Å². The molecule has 0 radical (unpaired) electrons. The van der Waals surface area contributed by atoms with E-state index in [1.165, 1.54) is 4.90 Å². The lowest BCUT2D eigenvalue weighted by Gasteiger charge is -2.16. The van der Waals surface area contributed by atoms with E-state index in [1.807, 2.05) is 62.4 Å². The molecule has 0 fully saturated rings. The minimum Gasteiger partial charge on any atom is -0.411 e. The Labute approximate surface area is 173 Å². The van der Waals surface area contributed by atoms with Gasteiger partial charge in [0.1, 0.15) is 0 Å². The standard InChI is InChI=1S/C21H22N4O3S/c1-14-4-8-16(9-5-14)20-23-24-21(28-20)29-13-19(27)25(3)12-18(26)22-17-10-6-15(2)7-11-17/h4-11H,12-13H2,1-3H3,(H,22,26). The van der Waals surface area contributed by atoms with Crippen LogP contribution in [0.25, 0.3) is 11.5 Å². The number of hydrogen-bond acceptors (Lipinski definition) is 6. The molecule has 0 unspecified atom stereocenters. The smallest absolute Gasteiger partial charge is 0.277 e. The van der Waals surface area contributed by atoms with Gasteiger partial charge >= 0.3 is 0 Å². The van der Waals surface area contributed by atoms with E-state index in [4.69, 9.17) is 4.42 Å². The number of likely N-dealkylation sites (N-methyl/N-ethyl adjacent to an activating group) is 1. The maximum atomic E-state index is 12.3. The third kappa shape index (κ3) is 5.92. The molecule has 0 bridgehead atoms. The number of anilines is 1. The highest BCUT2D eigenvalue weighted by atomic mass is 32.2. The molecule has 0 aliphatic carbocycles. The second kappa shape index (κ2) is 9.38. The van der Waals surface area contributed by atoms with Crippen molar-refractivity contribution in [2.45, 2.75) is 19.1 Å². The van der Waals surface area contributed by atoms with Crippen LogP contribution in [0, 0.1) is 13.8 Å². The van der Waals surface area contributed by atoms with Gasteiger partial charge in [-0.15, -0.1) is 10.2 Å². The minimum absolute atomic E-state index is 0.0360. The van der Waals surface area contributed by atoms with Crippen LogP contribution in [0.15, 0.2) is 58.2 Å². The van der Waals surface area contributed by atoms with E-state index in [0.29, 0.717) is 16.8 Å². The second-order valence-corrected chi connectivity index (χ2v) is 7.62. The number of nitrogens with zero attached hydrogens (tertiary/aromatic N) is 3. The topological polar surface area (TPSA) is 88.3 Å².